The first kappa shape index (κ1) is 12.6. The third-order valence-corrected chi connectivity index (χ3v) is 5.35. The molecule has 0 radical (unpaired) electrons. The molecule has 0 aliphatic heterocycles. The zero-order valence-corrected chi connectivity index (χ0v) is 13.1. The van der Waals surface area contributed by atoms with Crippen LogP contribution in [-0.4, -0.2) is 8.07 Å². The van der Waals surface area contributed by atoms with E-state index in [9.17, 15) is 0 Å². The van der Waals surface area contributed by atoms with Gasteiger partial charge in [-0.25, -0.2) is 0 Å². The molecule has 0 aromatic heterocycles. The van der Waals surface area contributed by atoms with Crippen molar-refractivity contribution in [2.45, 2.75) is 19.6 Å². The molecule has 2 heteroatoms. The first-order valence-electron chi connectivity index (χ1n) is 5.83. The van der Waals surface area contributed by atoms with E-state index in [0.29, 0.717) is 0 Å². The highest BCUT2D eigenvalue weighted by molar-refractivity contribution is 9.10. The number of hydrogen-bond donors (Lipinski definition) is 0. The molecule has 2 aromatic rings. The minimum absolute atomic E-state index is 1.18. The summed E-state index contributed by atoms with van der Waals surface area (Å²) in [5.41, 5.74) is 2.59. The van der Waals surface area contributed by atoms with E-state index in [2.05, 4.69) is 84.1 Å². The van der Waals surface area contributed by atoms with Gasteiger partial charge in [-0.05, 0) is 23.3 Å². The van der Waals surface area contributed by atoms with Crippen LogP contribution in [0, 0.1) is 0 Å². The van der Waals surface area contributed by atoms with Gasteiger partial charge in [0.25, 0.3) is 0 Å². The van der Waals surface area contributed by atoms with Crippen molar-refractivity contribution in [2.24, 2.45) is 0 Å². The van der Waals surface area contributed by atoms with Crippen molar-refractivity contribution in [3.63, 3.8) is 0 Å². The highest BCUT2D eigenvalue weighted by atomic mass is 79.9. The monoisotopic (exact) mass is 304 g/mol. The molecule has 0 nitrogen and oxygen atoms in total. The van der Waals surface area contributed by atoms with Crippen molar-refractivity contribution < 1.29 is 0 Å². The molecule has 0 heterocycles. The minimum atomic E-state index is -1.26. The van der Waals surface area contributed by atoms with Crippen LogP contribution >= 0.6 is 15.9 Å². The average molecular weight is 305 g/mol. The highest BCUT2D eigenvalue weighted by Crippen LogP contribution is 2.23. The van der Waals surface area contributed by atoms with Gasteiger partial charge in [0.1, 0.15) is 0 Å². The van der Waals surface area contributed by atoms with E-state index >= 15 is 0 Å². The SMILES string of the molecule is C[Si](C)(C)c1cc(Br)cc(-c2ccccc2)c1. The Hall–Kier alpha value is -0.863. The summed E-state index contributed by atoms with van der Waals surface area (Å²) in [6.07, 6.45) is 0. The summed E-state index contributed by atoms with van der Waals surface area (Å²) >= 11 is 3.62. The lowest BCUT2D eigenvalue weighted by Gasteiger charge is -2.18. The van der Waals surface area contributed by atoms with Crippen LogP contribution < -0.4 is 5.19 Å². The van der Waals surface area contributed by atoms with Crippen molar-refractivity contribution >= 4 is 29.2 Å². The molecular weight excluding hydrogens is 288 g/mol. The van der Waals surface area contributed by atoms with Gasteiger partial charge < -0.3 is 0 Å². The molecule has 0 N–H and O–H groups in total. The molecule has 0 fully saturated rings. The van der Waals surface area contributed by atoms with Gasteiger partial charge in [0, 0.05) is 4.47 Å². The molecule has 0 spiro atoms. The topological polar surface area (TPSA) is 0 Å². The standard InChI is InChI=1S/C15H17BrSi/c1-17(2,3)15-10-13(9-14(16)11-15)12-7-5-4-6-8-12/h4-11H,1-3H3. The molecule has 2 rings (SSSR count). The Labute approximate surface area is 113 Å². The summed E-state index contributed by atoms with van der Waals surface area (Å²) in [6, 6.07) is 17.4. The number of halogens is 1. The largest absolute Gasteiger partial charge is 0.0776 e. The van der Waals surface area contributed by atoms with E-state index in [0.717, 1.165) is 0 Å². The van der Waals surface area contributed by atoms with Gasteiger partial charge in [0.05, 0.1) is 8.07 Å². The molecule has 0 saturated carbocycles. The minimum Gasteiger partial charge on any atom is -0.0656 e. The second-order valence-corrected chi connectivity index (χ2v) is 11.3. The van der Waals surface area contributed by atoms with Crippen LogP contribution in [0.1, 0.15) is 0 Å². The van der Waals surface area contributed by atoms with E-state index < -0.39 is 8.07 Å². The fourth-order valence-electron chi connectivity index (χ4n) is 1.82. The molecule has 0 unspecified atom stereocenters. The van der Waals surface area contributed by atoms with Gasteiger partial charge >= 0.3 is 0 Å². The zero-order valence-electron chi connectivity index (χ0n) is 10.5. The van der Waals surface area contributed by atoms with Crippen LogP contribution in [0.15, 0.2) is 53.0 Å². The Morgan fingerprint density at radius 3 is 2.06 bits per heavy atom. The van der Waals surface area contributed by atoms with Crippen LogP contribution in [0.3, 0.4) is 0 Å². The maximum absolute atomic E-state index is 3.62. The highest BCUT2D eigenvalue weighted by Gasteiger charge is 2.17. The van der Waals surface area contributed by atoms with Crippen molar-refractivity contribution in [3.05, 3.63) is 53.0 Å². The van der Waals surface area contributed by atoms with E-state index in [4.69, 9.17) is 0 Å². The van der Waals surface area contributed by atoms with Crippen LogP contribution in [0.25, 0.3) is 11.1 Å². The molecule has 2 aromatic carbocycles. The number of hydrogen-bond acceptors (Lipinski definition) is 0. The van der Waals surface area contributed by atoms with Gasteiger partial charge in [-0.3, -0.25) is 0 Å². The van der Waals surface area contributed by atoms with Gasteiger partial charge in [0.15, 0.2) is 0 Å². The van der Waals surface area contributed by atoms with Gasteiger partial charge in [-0.15, -0.1) is 0 Å². The second-order valence-electron chi connectivity index (χ2n) is 5.34. The average Bonchev–Trinajstić information content (AvgIpc) is 2.28. The Morgan fingerprint density at radius 1 is 0.824 bits per heavy atom. The fraction of sp³-hybridized carbons (Fsp3) is 0.200. The molecule has 88 valence electrons. The Balaban J connectivity index is 2.54. The van der Waals surface area contributed by atoms with Crippen LogP contribution in [-0.2, 0) is 0 Å². The van der Waals surface area contributed by atoms with Crippen molar-refractivity contribution in [1.82, 2.24) is 0 Å². The molecule has 0 aliphatic carbocycles. The molecule has 0 saturated heterocycles. The molecular formula is C15H17BrSi. The van der Waals surface area contributed by atoms with Crippen LogP contribution in [0.4, 0.5) is 0 Å². The van der Waals surface area contributed by atoms with Crippen LogP contribution in [0.2, 0.25) is 19.6 Å². The lowest BCUT2D eigenvalue weighted by molar-refractivity contribution is 1.59. The maximum Gasteiger partial charge on any atom is 0.0776 e. The summed E-state index contributed by atoms with van der Waals surface area (Å²) in [4.78, 5) is 0. The molecule has 17 heavy (non-hydrogen) atoms. The summed E-state index contributed by atoms with van der Waals surface area (Å²) in [5, 5.41) is 1.49. The molecule has 0 bridgehead atoms. The smallest absolute Gasteiger partial charge is 0.0656 e. The van der Waals surface area contributed by atoms with E-state index in [1.165, 1.54) is 20.8 Å². The number of rotatable bonds is 2. The van der Waals surface area contributed by atoms with Gasteiger partial charge in [0.2, 0.25) is 0 Å². The Kier molecular flexibility index (Phi) is 3.55. The van der Waals surface area contributed by atoms with Crippen molar-refractivity contribution in [3.8, 4) is 11.1 Å². The predicted octanol–water partition coefficient (Wildman–Crippen LogP) is 4.66. The van der Waals surface area contributed by atoms with Crippen LogP contribution in [0.5, 0.6) is 0 Å². The van der Waals surface area contributed by atoms with Gasteiger partial charge in [-0.2, -0.15) is 0 Å². The van der Waals surface area contributed by atoms with Gasteiger partial charge in [-0.1, -0.05) is 77.2 Å². The normalized spacial score (nSPS) is 11.5. The first-order chi connectivity index (χ1) is 7.97. The summed E-state index contributed by atoms with van der Waals surface area (Å²) < 4.78 is 1.18. The zero-order chi connectivity index (χ0) is 12.5. The molecule has 0 amide bonds. The Bertz CT molecular complexity index is 512. The molecule has 0 aliphatic rings. The lowest BCUT2D eigenvalue weighted by Crippen LogP contribution is -2.37. The lowest BCUT2D eigenvalue weighted by atomic mass is 10.1. The van der Waals surface area contributed by atoms with E-state index in [1.54, 1.807) is 0 Å². The second kappa shape index (κ2) is 4.79. The fourth-order valence-corrected chi connectivity index (χ4v) is 3.70. The third kappa shape index (κ3) is 3.08. The van der Waals surface area contributed by atoms with Crippen molar-refractivity contribution in [2.75, 3.05) is 0 Å². The molecule has 0 atom stereocenters. The maximum atomic E-state index is 3.62. The summed E-state index contributed by atoms with van der Waals surface area (Å²) in [6.45, 7) is 7.14. The number of benzene rings is 2. The summed E-state index contributed by atoms with van der Waals surface area (Å²) in [5.74, 6) is 0. The predicted molar refractivity (Wildman–Crippen MR) is 82.6 cm³/mol. The third-order valence-electron chi connectivity index (χ3n) is 2.87. The quantitative estimate of drug-likeness (QED) is 0.708. The summed E-state index contributed by atoms with van der Waals surface area (Å²) in [7, 11) is -1.26. The first-order valence-corrected chi connectivity index (χ1v) is 10.1. The van der Waals surface area contributed by atoms with E-state index in [1.807, 2.05) is 0 Å². The van der Waals surface area contributed by atoms with Crippen molar-refractivity contribution in [1.29, 1.82) is 0 Å². The Morgan fingerprint density at radius 2 is 1.47 bits per heavy atom. The van der Waals surface area contributed by atoms with E-state index in [-0.39, 0.29) is 0 Å².